The summed E-state index contributed by atoms with van der Waals surface area (Å²) in [6.07, 6.45) is 7.81. The molecule has 0 aromatic carbocycles. The third kappa shape index (κ3) is 2.38. The molecule has 0 aliphatic carbocycles. The van der Waals surface area contributed by atoms with Crippen LogP contribution in [0.15, 0.2) is 0 Å². The van der Waals surface area contributed by atoms with E-state index >= 15 is 0 Å². The van der Waals surface area contributed by atoms with Crippen molar-refractivity contribution in [3.8, 4) is 12.3 Å². The maximum atomic E-state index is 11.3. The van der Waals surface area contributed by atoms with E-state index in [4.69, 9.17) is 11.2 Å². The van der Waals surface area contributed by atoms with Crippen molar-refractivity contribution in [2.75, 3.05) is 13.2 Å². The fraction of sp³-hybridized carbons (Fsp3) is 0.700. The van der Waals surface area contributed by atoms with Crippen LogP contribution in [-0.4, -0.2) is 30.2 Å². The van der Waals surface area contributed by atoms with E-state index in [1.807, 2.05) is 0 Å². The van der Waals surface area contributed by atoms with Gasteiger partial charge in [-0.3, -0.25) is 4.90 Å². The number of nitrogens with zero attached hydrogens (tertiary/aromatic N) is 1. The van der Waals surface area contributed by atoms with Gasteiger partial charge in [-0.25, -0.2) is 4.79 Å². The van der Waals surface area contributed by atoms with Crippen molar-refractivity contribution in [3.05, 3.63) is 0 Å². The van der Waals surface area contributed by atoms with Crippen LogP contribution < -0.4 is 0 Å². The molecule has 1 unspecified atom stereocenters. The Morgan fingerprint density at radius 2 is 2.54 bits per heavy atom. The molecule has 0 spiro atoms. The maximum absolute atomic E-state index is 11.3. The average molecular weight is 181 g/mol. The molecule has 0 bridgehead atoms. The van der Waals surface area contributed by atoms with E-state index < -0.39 is 0 Å². The highest BCUT2D eigenvalue weighted by atomic mass is 16.6. The monoisotopic (exact) mass is 181 g/mol. The van der Waals surface area contributed by atoms with Crippen LogP contribution in [0.3, 0.4) is 0 Å². The van der Waals surface area contributed by atoms with Crippen LogP contribution in [0.2, 0.25) is 0 Å². The summed E-state index contributed by atoms with van der Waals surface area (Å²) < 4.78 is 5.01. The lowest BCUT2D eigenvalue weighted by Crippen LogP contribution is -2.50. The van der Waals surface area contributed by atoms with E-state index in [9.17, 15) is 4.79 Å². The summed E-state index contributed by atoms with van der Waals surface area (Å²) in [7, 11) is 0. The topological polar surface area (TPSA) is 29.5 Å². The van der Waals surface area contributed by atoms with E-state index in [1.165, 1.54) is 0 Å². The molecule has 72 valence electrons. The third-order valence-electron chi connectivity index (χ3n) is 2.17. The molecule has 1 fully saturated rings. The number of hydrogen-bond donors (Lipinski definition) is 0. The SMILES string of the molecule is C#CC1CCN1C(=O)OCCCC. The first-order chi connectivity index (χ1) is 6.29. The highest BCUT2D eigenvalue weighted by Crippen LogP contribution is 2.17. The Labute approximate surface area is 79.1 Å². The van der Waals surface area contributed by atoms with Gasteiger partial charge in [0.05, 0.1) is 12.6 Å². The minimum absolute atomic E-state index is 0.0332. The van der Waals surface area contributed by atoms with Crippen LogP contribution >= 0.6 is 0 Å². The van der Waals surface area contributed by atoms with Gasteiger partial charge in [0.25, 0.3) is 0 Å². The highest BCUT2D eigenvalue weighted by Gasteiger charge is 2.31. The van der Waals surface area contributed by atoms with Crippen LogP contribution in [0, 0.1) is 12.3 Å². The van der Waals surface area contributed by atoms with Gasteiger partial charge in [-0.1, -0.05) is 19.3 Å². The van der Waals surface area contributed by atoms with Crippen molar-refractivity contribution >= 4 is 6.09 Å². The van der Waals surface area contributed by atoms with Gasteiger partial charge in [-0.05, 0) is 12.8 Å². The van der Waals surface area contributed by atoms with E-state index in [2.05, 4.69) is 12.8 Å². The van der Waals surface area contributed by atoms with Gasteiger partial charge in [0.15, 0.2) is 0 Å². The Morgan fingerprint density at radius 3 is 3.00 bits per heavy atom. The molecule has 1 rings (SSSR count). The Bertz CT molecular complexity index is 219. The van der Waals surface area contributed by atoms with Crippen molar-refractivity contribution in [1.82, 2.24) is 4.90 Å². The van der Waals surface area contributed by atoms with Crippen molar-refractivity contribution in [1.29, 1.82) is 0 Å². The molecule has 1 amide bonds. The molecule has 0 aromatic heterocycles. The Morgan fingerprint density at radius 1 is 1.77 bits per heavy atom. The summed E-state index contributed by atoms with van der Waals surface area (Å²) >= 11 is 0. The molecular formula is C10H15NO2. The number of carbonyl (C=O) groups is 1. The average Bonchev–Trinajstić information content (AvgIpc) is 2.03. The van der Waals surface area contributed by atoms with Gasteiger partial charge >= 0.3 is 6.09 Å². The number of amides is 1. The molecule has 0 N–H and O–H groups in total. The minimum Gasteiger partial charge on any atom is -0.449 e. The third-order valence-corrected chi connectivity index (χ3v) is 2.17. The molecule has 1 aliphatic rings. The molecule has 1 heterocycles. The fourth-order valence-electron chi connectivity index (χ4n) is 1.17. The van der Waals surface area contributed by atoms with Gasteiger partial charge in [0, 0.05) is 6.54 Å². The van der Waals surface area contributed by atoms with Gasteiger partial charge < -0.3 is 4.74 Å². The first-order valence-corrected chi connectivity index (χ1v) is 4.69. The smallest absolute Gasteiger partial charge is 0.410 e. The van der Waals surface area contributed by atoms with Crippen molar-refractivity contribution in [2.24, 2.45) is 0 Å². The zero-order valence-electron chi connectivity index (χ0n) is 7.95. The molecule has 13 heavy (non-hydrogen) atoms. The number of ether oxygens (including phenoxy) is 1. The molecule has 1 saturated heterocycles. The Hall–Kier alpha value is -1.17. The lowest BCUT2D eigenvalue weighted by molar-refractivity contribution is 0.0641. The van der Waals surface area contributed by atoms with Crippen LogP contribution in [0.4, 0.5) is 4.79 Å². The summed E-state index contributed by atoms with van der Waals surface area (Å²) in [6.45, 7) is 3.30. The maximum Gasteiger partial charge on any atom is 0.410 e. The molecule has 3 nitrogen and oxygen atoms in total. The lowest BCUT2D eigenvalue weighted by Gasteiger charge is -2.36. The summed E-state index contributed by atoms with van der Waals surface area (Å²) in [4.78, 5) is 12.9. The first kappa shape index (κ1) is 9.91. The predicted molar refractivity (Wildman–Crippen MR) is 50.2 cm³/mol. The summed E-state index contributed by atoms with van der Waals surface area (Å²) in [5, 5.41) is 0. The van der Waals surface area contributed by atoms with Crippen molar-refractivity contribution in [2.45, 2.75) is 32.2 Å². The summed E-state index contributed by atoms with van der Waals surface area (Å²) in [5.41, 5.74) is 0. The van der Waals surface area contributed by atoms with Gasteiger partial charge in [-0.15, -0.1) is 6.42 Å². The Kier molecular flexibility index (Phi) is 3.63. The summed E-state index contributed by atoms with van der Waals surface area (Å²) in [5.74, 6) is 2.55. The van der Waals surface area contributed by atoms with Crippen molar-refractivity contribution in [3.63, 3.8) is 0 Å². The number of terminal acetylenes is 1. The van der Waals surface area contributed by atoms with Crippen molar-refractivity contribution < 1.29 is 9.53 Å². The molecule has 0 saturated carbocycles. The predicted octanol–water partition coefficient (Wildman–Crippen LogP) is 1.63. The highest BCUT2D eigenvalue weighted by molar-refractivity contribution is 5.69. The number of rotatable bonds is 3. The second kappa shape index (κ2) is 4.76. The van der Waals surface area contributed by atoms with Crippen LogP contribution in [0.1, 0.15) is 26.2 Å². The molecule has 0 aromatic rings. The van der Waals surface area contributed by atoms with E-state index in [0.29, 0.717) is 6.61 Å². The molecule has 3 heteroatoms. The van der Waals surface area contributed by atoms with Gasteiger partial charge in [0.1, 0.15) is 0 Å². The molecular weight excluding hydrogens is 166 g/mol. The number of likely N-dealkylation sites (tertiary alicyclic amines) is 1. The van der Waals surface area contributed by atoms with Crippen LogP contribution in [0.5, 0.6) is 0 Å². The second-order valence-electron chi connectivity index (χ2n) is 3.13. The number of unbranched alkanes of at least 4 members (excludes halogenated alkanes) is 1. The van der Waals surface area contributed by atoms with Crippen LogP contribution in [-0.2, 0) is 4.74 Å². The standard InChI is InChI=1S/C10H15NO2/c1-3-5-8-13-10(12)11-7-6-9(11)4-2/h2,9H,3,5-8H2,1H3. The molecule has 1 atom stereocenters. The first-order valence-electron chi connectivity index (χ1n) is 4.69. The van der Waals surface area contributed by atoms with E-state index in [0.717, 1.165) is 25.8 Å². The largest absolute Gasteiger partial charge is 0.449 e. The lowest BCUT2D eigenvalue weighted by atomic mass is 10.1. The zero-order chi connectivity index (χ0) is 9.68. The molecule has 0 radical (unpaired) electrons. The second-order valence-corrected chi connectivity index (χ2v) is 3.13. The molecule has 1 aliphatic heterocycles. The summed E-state index contributed by atoms with van der Waals surface area (Å²) in [6, 6.07) is -0.0332. The zero-order valence-corrected chi connectivity index (χ0v) is 7.95. The number of carbonyl (C=O) groups excluding carboxylic acids is 1. The number of hydrogen-bond acceptors (Lipinski definition) is 2. The fourth-order valence-corrected chi connectivity index (χ4v) is 1.17. The van der Waals surface area contributed by atoms with Gasteiger partial charge in [-0.2, -0.15) is 0 Å². The van der Waals surface area contributed by atoms with Crippen LogP contribution in [0.25, 0.3) is 0 Å². The van der Waals surface area contributed by atoms with E-state index in [1.54, 1.807) is 4.90 Å². The minimum atomic E-state index is -0.261. The quantitative estimate of drug-likeness (QED) is 0.489. The van der Waals surface area contributed by atoms with E-state index in [-0.39, 0.29) is 12.1 Å². The van der Waals surface area contributed by atoms with Gasteiger partial charge in [0.2, 0.25) is 0 Å². The Balaban J connectivity index is 2.21. The normalized spacial score (nSPS) is 20.3.